The van der Waals surface area contributed by atoms with Crippen molar-refractivity contribution >= 4 is 17.4 Å². The van der Waals surface area contributed by atoms with Gasteiger partial charge in [-0.2, -0.15) is 0 Å². The van der Waals surface area contributed by atoms with E-state index in [0.717, 1.165) is 42.5 Å². The standard InChI is InChI=1S/C28H37N5O4/c1-18(29-2)27(35)31-25(20-11-15-37-16-12-20)28(36)33-14-4-6-24(33)23-17-32-13-3-5-22(26(32)30-23)19-7-9-21(34)10-8-19/h3,5,7-10,13,17-18,20,24-26,29-30,34H,4,6,11-12,14-16H2,1-2H3,(H,31,35)/t18-,24?,25?,26?/m0/s1. The van der Waals surface area contributed by atoms with Gasteiger partial charge in [-0.05, 0) is 69.3 Å². The van der Waals surface area contributed by atoms with Crippen LogP contribution in [0.1, 0.15) is 38.2 Å². The molecule has 2 saturated heterocycles. The zero-order valence-electron chi connectivity index (χ0n) is 21.5. The zero-order chi connectivity index (χ0) is 25.9. The van der Waals surface area contributed by atoms with Gasteiger partial charge in [0.2, 0.25) is 11.8 Å². The van der Waals surface area contributed by atoms with Crippen molar-refractivity contribution in [3.8, 4) is 5.75 Å². The molecule has 0 spiro atoms. The van der Waals surface area contributed by atoms with E-state index in [-0.39, 0.29) is 41.7 Å². The number of carbonyl (C=O) groups excluding carboxylic acids is 2. The molecule has 1 aromatic rings. The molecule has 4 N–H and O–H groups in total. The number of hydrogen-bond donors (Lipinski definition) is 4. The number of amides is 2. The molecule has 0 saturated carbocycles. The highest BCUT2D eigenvalue weighted by atomic mass is 16.5. The van der Waals surface area contributed by atoms with Crippen molar-refractivity contribution < 1.29 is 19.4 Å². The lowest BCUT2D eigenvalue weighted by Crippen LogP contribution is -2.57. The molecule has 0 bridgehead atoms. The molecule has 9 heteroatoms. The van der Waals surface area contributed by atoms with Gasteiger partial charge in [0.25, 0.3) is 0 Å². The average Bonchev–Trinajstić information content (AvgIpc) is 3.59. The van der Waals surface area contributed by atoms with Crippen molar-refractivity contribution in [1.82, 2.24) is 25.8 Å². The number of benzene rings is 1. The van der Waals surface area contributed by atoms with Crippen LogP contribution in [0.2, 0.25) is 0 Å². The fourth-order valence-electron chi connectivity index (χ4n) is 5.67. The Morgan fingerprint density at radius 1 is 1.16 bits per heavy atom. The van der Waals surface area contributed by atoms with E-state index >= 15 is 0 Å². The van der Waals surface area contributed by atoms with Crippen molar-refractivity contribution in [2.45, 2.75) is 56.9 Å². The van der Waals surface area contributed by atoms with E-state index in [0.29, 0.717) is 19.8 Å². The molecule has 4 atom stereocenters. The molecule has 0 radical (unpaired) electrons. The van der Waals surface area contributed by atoms with E-state index in [1.165, 1.54) is 0 Å². The number of carbonyl (C=O) groups is 2. The summed E-state index contributed by atoms with van der Waals surface area (Å²) < 4.78 is 5.54. The third kappa shape index (κ3) is 5.24. The van der Waals surface area contributed by atoms with Gasteiger partial charge in [-0.1, -0.05) is 18.2 Å². The number of ether oxygens (including phenoxy) is 1. The minimum Gasteiger partial charge on any atom is -0.508 e. The summed E-state index contributed by atoms with van der Waals surface area (Å²) in [5, 5.41) is 19.4. The van der Waals surface area contributed by atoms with Crippen LogP contribution in [0.25, 0.3) is 5.57 Å². The number of aromatic hydroxyl groups is 1. The summed E-state index contributed by atoms with van der Waals surface area (Å²) in [6.07, 6.45) is 11.4. The van der Waals surface area contributed by atoms with Crippen LogP contribution in [0, 0.1) is 5.92 Å². The van der Waals surface area contributed by atoms with E-state index in [2.05, 4.69) is 33.1 Å². The highest BCUT2D eigenvalue weighted by molar-refractivity contribution is 5.90. The molecular formula is C28H37N5O4. The number of nitrogens with one attached hydrogen (secondary N) is 3. The molecule has 4 heterocycles. The molecule has 2 fully saturated rings. The van der Waals surface area contributed by atoms with Crippen LogP contribution in [-0.4, -0.2) is 77.8 Å². The Balaban J connectivity index is 1.34. The molecule has 0 aromatic heterocycles. The molecule has 9 nitrogen and oxygen atoms in total. The summed E-state index contributed by atoms with van der Waals surface area (Å²) in [6, 6.07) is 6.20. The van der Waals surface area contributed by atoms with Gasteiger partial charge >= 0.3 is 0 Å². The van der Waals surface area contributed by atoms with Crippen LogP contribution in [0.5, 0.6) is 5.75 Å². The van der Waals surface area contributed by atoms with Crippen LogP contribution in [-0.2, 0) is 14.3 Å². The van der Waals surface area contributed by atoms with Crippen molar-refractivity contribution in [3.05, 3.63) is 60.1 Å². The molecule has 3 unspecified atom stereocenters. The predicted molar refractivity (Wildman–Crippen MR) is 141 cm³/mol. The fraction of sp³-hybridized carbons (Fsp3) is 0.500. The Morgan fingerprint density at radius 2 is 1.92 bits per heavy atom. The maximum Gasteiger partial charge on any atom is 0.246 e. The number of fused-ring (bicyclic) bond motifs is 1. The monoisotopic (exact) mass is 507 g/mol. The Kier molecular flexibility index (Phi) is 7.53. The van der Waals surface area contributed by atoms with E-state index < -0.39 is 6.04 Å². The largest absolute Gasteiger partial charge is 0.508 e. The lowest BCUT2D eigenvalue weighted by molar-refractivity contribution is -0.139. The van der Waals surface area contributed by atoms with Gasteiger partial charge in [0, 0.05) is 37.7 Å². The Hall–Kier alpha value is -3.30. The van der Waals surface area contributed by atoms with E-state index in [9.17, 15) is 14.7 Å². The van der Waals surface area contributed by atoms with E-state index in [4.69, 9.17) is 4.74 Å². The predicted octanol–water partition coefficient (Wildman–Crippen LogP) is 1.89. The van der Waals surface area contributed by atoms with Crippen molar-refractivity contribution in [2.24, 2.45) is 5.92 Å². The van der Waals surface area contributed by atoms with Crippen LogP contribution in [0.3, 0.4) is 0 Å². The Morgan fingerprint density at radius 3 is 2.65 bits per heavy atom. The molecular weight excluding hydrogens is 470 g/mol. The summed E-state index contributed by atoms with van der Waals surface area (Å²) in [5.74, 6) is 0.121. The molecule has 4 aliphatic rings. The van der Waals surface area contributed by atoms with Gasteiger partial charge in [0.15, 0.2) is 0 Å². The van der Waals surface area contributed by atoms with Crippen molar-refractivity contribution in [1.29, 1.82) is 0 Å². The van der Waals surface area contributed by atoms with Crippen LogP contribution in [0.15, 0.2) is 54.5 Å². The zero-order valence-corrected chi connectivity index (χ0v) is 21.5. The summed E-state index contributed by atoms with van der Waals surface area (Å²) in [5.41, 5.74) is 3.13. The third-order valence-electron chi connectivity index (χ3n) is 7.94. The van der Waals surface area contributed by atoms with Gasteiger partial charge in [-0.3, -0.25) is 9.59 Å². The second-order valence-electron chi connectivity index (χ2n) is 10.2. The SMILES string of the molecule is CN[C@@H](C)C(=O)NC(C(=O)N1CCCC1C1=CN2C=CC=C(c3ccc(O)cc3)C2N1)C1CCOCC1. The number of hydrogen-bond acceptors (Lipinski definition) is 7. The molecule has 198 valence electrons. The molecule has 37 heavy (non-hydrogen) atoms. The van der Waals surface area contributed by atoms with Gasteiger partial charge in [0.05, 0.1) is 17.8 Å². The summed E-state index contributed by atoms with van der Waals surface area (Å²) in [7, 11) is 1.74. The maximum atomic E-state index is 14.0. The minimum atomic E-state index is -0.565. The number of rotatable bonds is 7. The minimum absolute atomic E-state index is 0.0107. The van der Waals surface area contributed by atoms with Crippen LogP contribution in [0.4, 0.5) is 0 Å². The number of nitrogens with zero attached hydrogens (tertiary/aromatic N) is 2. The van der Waals surface area contributed by atoms with E-state index in [1.807, 2.05) is 29.3 Å². The lowest BCUT2D eigenvalue weighted by Gasteiger charge is -2.36. The van der Waals surface area contributed by atoms with Gasteiger partial charge in [-0.15, -0.1) is 0 Å². The van der Waals surface area contributed by atoms with Crippen LogP contribution < -0.4 is 16.0 Å². The van der Waals surface area contributed by atoms with E-state index in [1.54, 1.807) is 26.1 Å². The number of phenolic OH excluding ortho intramolecular Hbond substituents is 1. The van der Waals surface area contributed by atoms with Gasteiger partial charge in [0.1, 0.15) is 18.0 Å². The first-order valence-corrected chi connectivity index (χ1v) is 13.3. The normalized spacial score (nSPS) is 25.1. The number of allylic oxidation sites excluding steroid dienone is 2. The quantitative estimate of drug-likeness (QED) is 0.447. The third-order valence-corrected chi connectivity index (χ3v) is 7.94. The summed E-state index contributed by atoms with van der Waals surface area (Å²) in [6.45, 7) is 3.69. The summed E-state index contributed by atoms with van der Waals surface area (Å²) >= 11 is 0. The molecule has 1 aromatic carbocycles. The highest BCUT2D eigenvalue weighted by Crippen LogP contribution is 2.34. The van der Waals surface area contributed by atoms with Crippen molar-refractivity contribution in [3.63, 3.8) is 0 Å². The topological polar surface area (TPSA) is 106 Å². The molecule has 5 rings (SSSR count). The highest BCUT2D eigenvalue weighted by Gasteiger charge is 2.42. The number of likely N-dealkylation sites (N-methyl/N-ethyl adjacent to an activating group) is 1. The van der Waals surface area contributed by atoms with Crippen molar-refractivity contribution in [2.75, 3.05) is 26.8 Å². The lowest BCUT2D eigenvalue weighted by atomic mass is 9.90. The molecule has 4 aliphatic heterocycles. The summed E-state index contributed by atoms with van der Waals surface area (Å²) in [4.78, 5) is 30.9. The maximum absolute atomic E-state index is 14.0. The van der Waals surface area contributed by atoms with Gasteiger partial charge in [-0.25, -0.2) is 0 Å². The number of likely N-dealkylation sites (tertiary alicyclic amines) is 1. The molecule has 2 amide bonds. The average molecular weight is 508 g/mol. The first-order valence-electron chi connectivity index (χ1n) is 13.3. The smallest absolute Gasteiger partial charge is 0.246 e. The molecule has 0 aliphatic carbocycles. The first kappa shape index (κ1) is 25.4. The fourth-order valence-corrected chi connectivity index (χ4v) is 5.67. The van der Waals surface area contributed by atoms with Gasteiger partial charge < -0.3 is 35.6 Å². The first-order chi connectivity index (χ1) is 18.0. The Labute approximate surface area is 218 Å². The Bertz CT molecular complexity index is 1090. The van der Waals surface area contributed by atoms with Crippen LogP contribution >= 0.6 is 0 Å². The second-order valence-corrected chi connectivity index (χ2v) is 10.2. The second kappa shape index (κ2) is 11.0. The number of phenols is 1.